The summed E-state index contributed by atoms with van der Waals surface area (Å²) in [4.78, 5) is 27.8. The van der Waals surface area contributed by atoms with Gasteiger partial charge in [0.15, 0.2) is 0 Å². The van der Waals surface area contributed by atoms with Crippen LogP contribution in [0.25, 0.3) is 0 Å². The molecule has 1 aromatic heterocycles. The van der Waals surface area contributed by atoms with E-state index in [1.807, 2.05) is 18.3 Å². The van der Waals surface area contributed by atoms with Crippen molar-refractivity contribution in [3.63, 3.8) is 0 Å². The Morgan fingerprint density at radius 2 is 1.86 bits per heavy atom. The van der Waals surface area contributed by atoms with Crippen molar-refractivity contribution in [3.05, 3.63) is 53.7 Å². The summed E-state index contributed by atoms with van der Waals surface area (Å²) in [5.74, 6) is 0.632. The zero-order chi connectivity index (χ0) is 15.5. The molecule has 1 aliphatic carbocycles. The molecule has 1 saturated carbocycles. The highest BCUT2D eigenvalue weighted by molar-refractivity contribution is 6.09. The van der Waals surface area contributed by atoms with Crippen molar-refractivity contribution in [1.29, 1.82) is 0 Å². The van der Waals surface area contributed by atoms with Gasteiger partial charge in [0.05, 0.1) is 11.3 Å². The highest BCUT2D eigenvalue weighted by atomic mass is 16.2. The van der Waals surface area contributed by atoms with Crippen LogP contribution in [-0.2, 0) is 4.79 Å². The van der Waals surface area contributed by atoms with E-state index in [-0.39, 0.29) is 11.8 Å². The van der Waals surface area contributed by atoms with Gasteiger partial charge in [0.25, 0.3) is 5.91 Å². The zero-order valence-corrected chi connectivity index (χ0v) is 12.3. The van der Waals surface area contributed by atoms with Gasteiger partial charge in [-0.25, -0.2) is 4.98 Å². The molecule has 1 fully saturated rings. The van der Waals surface area contributed by atoms with Crippen LogP contribution in [0.2, 0.25) is 0 Å². The molecule has 1 heterocycles. The normalized spacial score (nSPS) is 13.5. The first kappa shape index (κ1) is 14.3. The molecule has 0 aliphatic heterocycles. The van der Waals surface area contributed by atoms with Crippen LogP contribution in [0.1, 0.15) is 41.6 Å². The minimum atomic E-state index is -0.295. The lowest BCUT2D eigenvalue weighted by Gasteiger charge is -2.10. The third-order valence-electron chi connectivity index (χ3n) is 3.56. The van der Waals surface area contributed by atoms with Gasteiger partial charge >= 0.3 is 0 Å². The Hall–Kier alpha value is -2.69. The molecule has 2 amide bonds. The average molecular weight is 295 g/mol. The Balaban J connectivity index is 1.74. The lowest BCUT2D eigenvalue weighted by atomic mass is 10.1. The van der Waals surface area contributed by atoms with Gasteiger partial charge in [-0.15, -0.1) is 0 Å². The number of anilines is 2. The topological polar surface area (TPSA) is 71.1 Å². The summed E-state index contributed by atoms with van der Waals surface area (Å²) in [5.41, 5.74) is 2.12. The van der Waals surface area contributed by atoms with Crippen LogP contribution in [0.5, 0.6) is 0 Å². The molecule has 0 saturated heterocycles. The van der Waals surface area contributed by atoms with Crippen molar-refractivity contribution >= 4 is 23.3 Å². The number of nitrogens with zero attached hydrogens (tertiary/aromatic N) is 1. The number of pyridine rings is 1. The van der Waals surface area contributed by atoms with Crippen LogP contribution in [0.3, 0.4) is 0 Å². The predicted molar refractivity (Wildman–Crippen MR) is 84.9 cm³/mol. The third-order valence-corrected chi connectivity index (χ3v) is 3.56. The fourth-order valence-electron chi connectivity index (χ4n) is 2.30. The zero-order valence-electron chi connectivity index (χ0n) is 12.3. The third kappa shape index (κ3) is 3.31. The first-order valence-electron chi connectivity index (χ1n) is 7.27. The molecule has 3 rings (SSSR count). The van der Waals surface area contributed by atoms with Gasteiger partial charge in [0.1, 0.15) is 5.82 Å². The molecule has 5 heteroatoms. The number of nitrogens with one attached hydrogen (secondary N) is 2. The van der Waals surface area contributed by atoms with Crippen LogP contribution in [-0.4, -0.2) is 16.8 Å². The van der Waals surface area contributed by atoms with E-state index in [2.05, 4.69) is 15.6 Å². The number of carbonyl (C=O) groups excluding carboxylic acids is 2. The summed E-state index contributed by atoms with van der Waals surface area (Å²) in [6.07, 6.45) is 4.25. The molecule has 112 valence electrons. The summed E-state index contributed by atoms with van der Waals surface area (Å²) in [5, 5.41) is 5.41. The van der Waals surface area contributed by atoms with Gasteiger partial charge in [0, 0.05) is 13.1 Å². The molecule has 0 unspecified atom stereocenters. The Bertz CT molecular complexity index is 706. The number of carbonyl (C=O) groups is 2. The van der Waals surface area contributed by atoms with Crippen molar-refractivity contribution in [2.45, 2.75) is 25.7 Å². The monoisotopic (exact) mass is 295 g/mol. The first-order valence-corrected chi connectivity index (χ1v) is 7.27. The molecule has 0 radical (unpaired) electrons. The largest absolute Gasteiger partial charge is 0.326 e. The Morgan fingerprint density at radius 1 is 1.09 bits per heavy atom. The summed E-state index contributed by atoms with van der Waals surface area (Å²) < 4.78 is 0. The minimum absolute atomic E-state index is 0.216. The smallest absolute Gasteiger partial charge is 0.258 e. The average Bonchev–Trinajstić information content (AvgIpc) is 3.32. The quantitative estimate of drug-likeness (QED) is 0.910. The standard InChI is InChI=1S/C17H17N3O2/c1-11(21)19-15-5-3-2-4-14(15)17(22)20-16-9-8-13(10-18-16)12-6-7-12/h2-5,8-10,12H,6-7H2,1H3,(H,19,21)(H,18,20,22). The van der Waals surface area contributed by atoms with Crippen LogP contribution in [0.4, 0.5) is 11.5 Å². The number of amides is 2. The van der Waals surface area contributed by atoms with E-state index >= 15 is 0 Å². The van der Waals surface area contributed by atoms with Gasteiger partial charge < -0.3 is 10.6 Å². The maximum atomic E-state index is 12.3. The predicted octanol–water partition coefficient (Wildman–Crippen LogP) is 3.17. The van der Waals surface area contributed by atoms with Crippen LogP contribution in [0.15, 0.2) is 42.6 Å². The molecule has 1 aliphatic rings. The van der Waals surface area contributed by atoms with Crippen molar-refractivity contribution in [2.24, 2.45) is 0 Å². The molecule has 22 heavy (non-hydrogen) atoms. The Kier molecular flexibility index (Phi) is 3.87. The second-order valence-corrected chi connectivity index (χ2v) is 5.43. The lowest BCUT2D eigenvalue weighted by molar-refractivity contribution is -0.114. The van der Waals surface area contributed by atoms with Gasteiger partial charge in [-0.3, -0.25) is 9.59 Å². The summed E-state index contributed by atoms with van der Waals surface area (Å²) in [6.45, 7) is 1.41. The van der Waals surface area contributed by atoms with E-state index < -0.39 is 0 Å². The SMILES string of the molecule is CC(=O)Nc1ccccc1C(=O)Nc1ccc(C2CC2)cn1. The molecule has 0 spiro atoms. The number of rotatable bonds is 4. The second-order valence-electron chi connectivity index (χ2n) is 5.43. The molecular weight excluding hydrogens is 278 g/mol. The molecule has 2 aromatic rings. The minimum Gasteiger partial charge on any atom is -0.326 e. The summed E-state index contributed by atoms with van der Waals surface area (Å²) in [7, 11) is 0. The van der Waals surface area contributed by atoms with E-state index in [9.17, 15) is 9.59 Å². The molecular formula is C17H17N3O2. The fraction of sp³-hybridized carbons (Fsp3) is 0.235. The van der Waals surface area contributed by atoms with Crippen LogP contribution >= 0.6 is 0 Å². The number of para-hydroxylation sites is 1. The van der Waals surface area contributed by atoms with Crippen LogP contribution < -0.4 is 10.6 Å². The first-order chi connectivity index (χ1) is 10.6. The van der Waals surface area contributed by atoms with Crippen molar-refractivity contribution < 1.29 is 9.59 Å². The molecule has 0 bridgehead atoms. The molecule has 0 atom stereocenters. The molecule has 5 nitrogen and oxygen atoms in total. The van der Waals surface area contributed by atoms with Crippen molar-refractivity contribution in [1.82, 2.24) is 4.98 Å². The number of hydrogen-bond acceptors (Lipinski definition) is 3. The van der Waals surface area contributed by atoms with E-state index in [0.717, 1.165) is 0 Å². The highest BCUT2D eigenvalue weighted by Gasteiger charge is 2.23. The maximum absolute atomic E-state index is 12.3. The van der Waals surface area contributed by atoms with Crippen molar-refractivity contribution in [2.75, 3.05) is 10.6 Å². The maximum Gasteiger partial charge on any atom is 0.258 e. The Morgan fingerprint density at radius 3 is 2.50 bits per heavy atom. The van der Waals surface area contributed by atoms with Gasteiger partial charge in [-0.05, 0) is 42.5 Å². The van der Waals surface area contributed by atoms with E-state index in [1.54, 1.807) is 24.3 Å². The summed E-state index contributed by atoms with van der Waals surface area (Å²) in [6, 6.07) is 10.7. The lowest BCUT2D eigenvalue weighted by Crippen LogP contribution is -2.17. The van der Waals surface area contributed by atoms with Gasteiger partial charge in [-0.1, -0.05) is 18.2 Å². The highest BCUT2D eigenvalue weighted by Crippen LogP contribution is 2.39. The second kappa shape index (κ2) is 5.97. The van der Waals surface area contributed by atoms with E-state index in [4.69, 9.17) is 0 Å². The van der Waals surface area contributed by atoms with E-state index in [0.29, 0.717) is 23.0 Å². The van der Waals surface area contributed by atoms with E-state index in [1.165, 1.54) is 25.3 Å². The number of hydrogen-bond donors (Lipinski definition) is 2. The number of benzene rings is 1. The Labute approximate surface area is 128 Å². The van der Waals surface area contributed by atoms with Gasteiger partial charge in [0.2, 0.25) is 5.91 Å². The fourth-order valence-corrected chi connectivity index (χ4v) is 2.30. The number of aromatic nitrogens is 1. The molecule has 1 aromatic carbocycles. The summed E-state index contributed by atoms with van der Waals surface area (Å²) >= 11 is 0. The van der Waals surface area contributed by atoms with Crippen molar-refractivity contribution in [3.8, 4) is 0 Å². The molecule has 2 N–H and O–H groups in total. The van der Waals surface area contributed by atoms with Gasteiger partial charge in [-0.2, -0.15) is 0 Å². The van der Waals surface area contributed by atoms with Crippen LogP contribution in [0, 0.1) is 0 Å².